The molecule has 0 spiro atoms. The van der Waals surface area contributed by atoms with Crippen LogP contribution in [0.1, 0.15) is 33.2 Å². The molecule has 2 aromatic carbocycles. The molecule has 26 heavy (non-hydrogen) atoms. The largest absolute Gasteiger partial charge is 0.416 e. The summed E-state index contributed by atoms with van der Waals surface area (Å²) in [5.74, 6) is -0.236. The summed E-state index contributed by atoms with van der Waals surface area (Å²) in [5.41, 5.74) is -0.240. The van der Waals surface area contributed by atoms with Gasteiger partial charge in [-0.3, -0.25) is 9.00 Å². The van der Waals surface area contributed by atoms with Crippen molar-refractivity contribution < 1.29 is 27.3 Å². The third kappa shape index (κ3) is 5.40. The zero-order valence-corrected chi connectivity index (χ0v) is 14.7. The molecule has 0 aromatic heterocycles. The Morgan fingerprint density at radius 1 is 1.19 bits per heavy atom. The van der Waals surface area contributed by atoms with Crippen LogP contribution < -0.4 is 5.32 Å². The molecule has 4 nitrogen and oxygen atoms in total. The number of aliphatic hydroxyl groups is 1. The van der Waals surface area contributed by atoms with E-state index in [1.807, 2.05) is 0 Å². The van der Waals surface area contributed by atoms with Crippen LogP contribution in [-0.4, -0.2) is 28.0 Å². The van der Waals surface area contributed by atoms with Gasteiger partial charge in [0, 0.05) is 34.9 Å². The molecule has 1 amide bonds. The van der Waals surface area contributed by atoms with Gasteiger partial charge >= 0.3 is 6.18 Å². The third-order valence-corrected chi connectivity index (χ3v) is 4.38. The van der Waals surface area contributed by atoms with E-state index in [4.69, 9.17) is 0 Å². The second-order valence-electron chi connectivity index (χ2n) is 5.73. The summed E-state index contributed by atoms with van der Waals surface area (Å²) < 4.78 is 50.3. The van der Waals surface area contributed by atoms with Gasteiger partial charge in [-0.25, -0.2) is 0 Å². The van der Waals surface area contributed by atoms with E-state index in [2.05, 4.69) is 5.32 Å². The molecular weight excluding hydrogens is 367 g/mol. The van der Waals surface area contributed by atoms with Gasteiger partial charge in [0.05, 0.1) is 11.7 Å². The molecule has 0 aliphatic carbocycles. The Balaban J connectivity index is 2.07. The smallest absolute Gasteiger partial charge is 0.387 e. The number of amides is 1. The second kappa shape index (κ2) is 8.46. The van der Waals surface area contributed by atoms with E-state index in [0.29, 0.717) is 11.3 Å². The standard InChI is InChI=1S/C18H18F3NO3S/c1-26(25)11-12-5-4-6-13(9-12)17(24)22-10-16(23)14-7-2-3-8-15(14)18(19,20)21/h2-9,16,23H,10-11H2,1H3,(H,22,24). The number of aliphatic hydroxyl groups excluding tert-OH is 1. The van der Waals surface area contributed by atoms with Crippen molar-refractivity contribution in [3.05, 3.63) is 70.8 Å². The molecule has 0 saturated carbocycles. The number of alkyl halides is 3. The minimum absolute atomic E-state index is 0.282. The molecule has 2 unspecified atom stereocenters. The van der Waals surface area contributed by atoms with Crippen molar-refractivity contribution >= 4 is 16.7 Å². The number of rotatable bonds is 6. The molecule has 0 aliphatic rings. The first kappa shape index (κ1) is 20.1. The number of carbonyl (C=O) groups excluding carboxylic acids is 1. The monoisotopic (exact) mass is 385 g/mol. The number of halogens is 3. The fourth-order valence-corrected chi connectivity index (χ4v) is 3.13. The Morgan fingerprint density at radius 2 is 1.88 bits per heavy atom. The highest BCUT2D eigenvalue weighted by atomic mass is 32.2. The van der Waals surface area contributed by atoms with Gasteiger partial charge in [-0.15, -0.1) is 0 Å². The van der Waals surface area contributed by atoms with Crippen LogP contribution >= 0.6 is 0 Å². The summed E-state index contributed by atoms with van der Waals surface area (Å²) in [6.45, 7) is -0.365. The van der Waals surface area contributed by atoms with Crippen molar-refractivity contribution in [3.8, 4) is 0 Å². The molecule has 0 aliphatic heterocycles. The normalized spacial score (nSPS) is 13.9. The van der Waals surface area contributed by atoms with E-state index in [-0.39, 0.29) is 17.7 Å². The van der Waals surface area contributed by atoms with E-state index in [1.54, 1.807) is 24.5 Å². The Hall–Kier alpha value is -2.19. The van der Waals surface area contributed by atoms with Crippen molar-refractivity contribution in [2.24, 2.45) is 0 Å². The average Bonchev–Trinajstić information content (AvgIpc) is 2.58. The number of hydrogen-bond donors (Lipinski definition) is 2. The van der Waals surface area contributed by atoms with Crippen LogP contribution in [0, 0.1) is 0 Å². The van der Waals surface area contributed by atoms with Crippen molar-refractivity contribution in [1.82, 2.24) is 5.32 Å². The van der Waals surface area contributed by atoms with Crippen molar-refractivity contribution in [3.63, 3.8) is 0 Å². The van der Waals surface area contributed by atoms with Gasteiger partial charge in [0.1, 0.15) is 0 Å². The molecule has 8 heteroatoms. The Morgan fingerprint density at radius 3 is 2.54 bits per heavy atom. The first-order valence-electron chi connectivity index (χ1n) is 7.70. The van der Waals surface area contributed by atoms with Gasteiger partial charge in [-0.2, -0.15) is 13.2 Å². The highest BCUT2D eigenvalue weighted by Crippen LogP contribution is 2.34. The average molecular weight is 385 g/mol. The van der Waals surface area contributed by atoms with Gasteiger partial charge in [0.15, 0.2) is 0 Å². The van der Waals surface area contributed by atoms with E-state index in [9.17, 15) is 27.3 Å². The van der Waals surface area contributed by atoms with Crippen LogP contribution in [-0.2, 0) is 22.7 Å². The minimum Gasteiger partial charge on any atom is -0.387 e. The molecule has 2 N–H and O–H groups in total. The number of carbonyl (C=O) groups is 1. The van der Waals surface area contributed by atoms with Crippen LogP contribution in [0.2, 0.25) is 0 Å². The molecule has 2 aromatic rings. The predicted octanol–water partition coefficient (Wildman–Crippen LogP) is 3.05. The first-order valence-corrected chi connectivity index (χ1v) is 9.42. The molecule has 0 bridgehead atoms. The fourth-order valence-electron chi connectivity index (χ4n) is 2.48. The molecule has 2 atom stereocenters. The number of benzene rings is 2. The van der Waals surface area contributed by atoms with Crippen molar-refractivity contribution in [1.29, 1.82) is 0 Å². The summed E-state index contributed by atoms with van der Waals surface area (Å²) in [6.07, 6.45) is -4.55. The molecule has 0 saturated heterocycles. The second-order valence-corrected chi connectivity index (χ2v) is 7.16. The minimum atomic E-state index is -4.59. The highest BCUT2D eigenvalue weighted by Gasteiger charge is 2.34. The number of nitrogens with one attached hydrogen (secondary N) is 1. The maximum Gasteiger partial charge on any atom is 0.416 e. The molecule has 2 rings (SSSR count). The maximum absolute atomic E-state index is 13.0. The first-order chi connectivity index (χ1) is 12.2. The van der Waals surface area contributed by atoms with Gasteiger partial charge in [-0.1, -0.05) is 30.3 Å². The lowest BCUT2D eigenvalue weighted by Crippen LogP contribution is -2.29. The van der Waals surface area contributed by atoms with Gasteiger partial charge in [-0.05, 0) is 29.3 Å². The van der Waals surface area contributed by atoms with Gasteiger partial charge < -0.3 is 10.4 Å². The predicted molar refractivity (Wildman–Crippen MR) is 92.9 cm³/mol. The quantitative estimate of drug-likeness (QED) is 0.803. The van der Waals surface area contributed by atoms with Crippen LogP contribution in [0.25, 0.3) is 0 Å². The van der Waals surface area contributed by atoms with Crippen LogP contribution in [0.15, 0.2) is 48.5 Å². The molecule has 0 radical (unpaired) electrons. The SMILES string of the molecule is CS(=O)Cc1cccc(C(=O)NCC(O)c2ccccc2C(F)(F)F)c1. The van der Waals surface area contributed by atoms with Crippen LogP contribution in [0.5, 0.6) is 0 Å². The zero-order valence-electron chi connectivity index (χ0n) is 13.9. The van der Waals surface area contributed by atoms with Gasteiger partial charge in [0.2, 0.25) is 0 Å². The third-order valence-electron chi connectivity index (χ3n) is 3.64. The Labute approximate surface area is 151 Å². The molecule has 0 fully saturated rings. The molecule has 0 heterocycles. The van der Waals surface area contributed by atoms with Crippen molar-refractivity contribution in [2.45, 2.75) is 18.0 Å². The van der Waals surface area contributed by atoms with Crippen molar-refractivity contribution in [2.75, 3.05) is 12.8 Å². The van der Waals surface area contributed by atoms with E-state index < -0.39 is 34.6 Å². The lowest BCUT2D eigenvalue weighted by atomic mass is 10.0. The van der Waals surface area contributed by atoms with E-state index in [1.165, 1.54) is 24.3 Å². The van der Waals surface area contributed by atoms with Crippen LogP contribution in [0.4, 0.5) is 13.2 Å². The lowest BCUT2D eigenvalue weighted by molar-refractivity contribution is -0.139. The fraction of sp³-hybridized carbons (Fsp3) is 0.278. The molecular formula is C18H18F3NO3S. The maximum atomic E-state index is 13.0. The Kier molecular flexibility index (Phi) is 6.55. The van der Waals surface area contributed by atoms with E-state index in [0.717, 1.165) is 6.07 Å². The molecule has 140 valence electrons. The zero-order chi connectivity index (χ0) is 19.3. The highest BCUT2D eigenvalue weighted by molar-refractivity contribution is 7.83. The summed E-state index contributed by atoms with van der Waals surface area (Å²) >= 11 is 0. The lowest BCUT2D eigenvalue weighted by Gasteiger charge is -2.18. The summed E-state index contributed by atoms with van der Waals surface area (Å²) in [5, 5.41) is 12.5. The van der Waals surface area contributed by atoms with E-state index >= 15 is 0 Å². The van der Waals surface area contributed by atoms with Crippen LogP contribution in [0.3, 0.4) is 0 Å². The van der Waals surface area contributed by atoms with Gasteiger partial charge in [0.25, 0.3) is 5.91 Å². The Bertz CT molecular complexity index is 808. The summed E-state index contributed by atoms with van der Waals surface area (Å²) in [4.78, 5) is 12.2. The summed E-state index contributed by atoms with van der Waals surface area (Å²) in [7, 11) is -1.06. The number of hydrogen-bond acceptors (Lipinski definition) is 3. The summed E-state index contributed by atoms with van der Waals surface area (Å²) in [6, 6.07) is 11.1. The topological polar surface area (TPSA) is 66.4 Å².